The lowest BCUT2D eigenvalue weighted by molar-refractivity contribution is 0.577. The van der Waals surface area contributed by atoms with E-state index in [1.54, 1.807) is 0 Å². The number of fused-ring (bicyclic) bond motifs is 1. The highest BCUT2D eigenvalue weighted by Crippen LogP contribution is 2.27. The summed E-state index contributed by atoms with van der Waals surface area (Å²) in [7, 11) is 2.16. The van der Waals surface area contributed by atoms with Gasteiger partial charge in [0, 0.05) is 25.8 Å². The van der Waals surface area contributed by atoms with E-state index < -0.39 is 0 Å². The average Bonchev–Trinajstić information content (AvgIpc) is 2.70. The highest BCUT2D eigenvalue weighted by atomic mass is 15.1. The number of rotatable bonds is 5. The van der Waals surface area contributed by atoms with Crippen LogP contribution in [0.2, 0.25) is 0 Å². The standard InChI is InChI=1S/C16H24N2/c1-13(2)12-17-9-4-5-14-6-7-16-15(11-14)8-10-18(16)3/h4-7,11,13,17H,8-10,12H2,1-3H3. The van der Waals surface area contributed by atoms with Gasteiger partial charge in [0.2, 0.25) is 0 Å². The van der Waals surface area contributed by atoms with Crippen molar-refractivity contribution in [1.29, 1.82) is 0 Å². The molecule has 1 aliphatic heterocycles. The van der Waals surface area contributed by atoms with Crippen molar-refractivity contribution >= 4 is 11.8 Å². The van der Waals surface area contributed by atoms with Gasteiger partial charge in [-0.1, -0.05) is 32.1 Å². The molecule has 98 valence electrons. The summed E-state index contributed by atoms with van der Waals surface area (Å²) < 4.78 is 0. The Balaban J connectivity index is 1.89. The SMILES string of the molecule is CC(C)CNCC=Cc1ccc2c(c1)CCN2C. The van der Waals surface area contributed by atoms with Crippen LogP contribution in [0.1, 0.15) is 25.0 Å². The molecule has 0 aliphatic carbocycles. The maximum Gasteiger partial charge on any atom is 0.0397 e. The smallest absolute Gasteiger partial charge is 0.0397 e. The monoisotopic (exact) mass is 244 g/mol. The highest BCUT2D eigenvalue weighted by Gasteiger charge is 2.14. The van der Waals surface area contributed by atoms with Crippen molar-refractivity contribution in [3.8, 4) is 0 Å². The zero-order valence-electron chi connectivity index (χ0n) is 11.7. The molecule has 1 aromatic carbocycles. The molecule has 0 unspecified atom stereocenters. The number of likely N-dealkylation sites (N-methyl/N-ethyl adjacent to an activating group) is 1. The summed E-state index contributed by atoms with van der Waals surface area (Å²) in [6.07, 6.45) is 5.60. The van der Waals surface area contributed by atoms with Gasteiger partial charge in [0.15, 0.2) is 0 Å². The van der Waals surface area contributed by atoms with Crippen LogP contribution in [-0.4, -0.2) is 26.7 Å². The van der Waals surface area contributed by atoms with E-state index in [4.69, 9.17) is 0 Å². The molecule has 0 aromatic heterocycles. The first-order valence-electron chi connectivity index (χ1n) is 6.88. The van der Waals surface area contributed by atoms with Gasteiger partial charge in [-0.25, -0.2) is 0 Å². The van der Waals surface area contributed by atoms with Crippen LogP contribution in [-0.2, 0) is 6.42 Å². The molecule has 2 heteroatoms. The van der Waals surface area contributed by atoms with Gasteiger partial charge in [-0.05, 0) is 42.1 Å². The lowest BCUT2D eigenvalue weighted by Gasteiger charge is -2.11. The first-order chi connectivity index (χ1) is 8.66. The van der Waals surface area contributed by atoms with Crippen LogP contribution in [0.15, 0.2) is 24.3 Å². The largest absolute Gasteiger partial charge is 0.374 e. The molecule has 0 spiro atoms. The van der Waals surface area contributed by atoms with Gasteiger partial charge in [-0.2, -0.15) is 0 Å². The van der Waals surface area contributed by atoms with Crippen LogP contribution in [0.25, 0.3) is 6.08 Å². The van der Waals surface area contributed by atoms with Gasteiger partial charge in [0.05, 0.1) is 0 Å². The number of nitrogens with one attached hydrogen (secondary N) is 1. The van der Waals surface area contributed by atoms with Crippen molar-refractivity contribution in [3.05, 3.63) is 35.4 Å². The summed E-state index contributed by atoms with van der Waals surface area (Å²) in [4.78, 5) is 2.33. The van der Waals surface area contributed by atoms with E-state index in [2.05, 4.69) is 61.5 Å². The van der Waals surface area contributed by atoms with E-state index in [1.807, 2.05) is 0 Å². The Labute approximate surface area is 111 Å². The molecule has 0 bridgehead atoms. The Morgan fingerprint density at radius 3 is 3.00 bits per heavy atom. The van der Waals surface area contributed by atoms with Gasteiger partial charge in [-0.15, -0.1) is 0 Å². The molecule has 2 rings (SSSR count). The van der Waals surface area contributed by atoms with Crippen molar-refractivity contribution in [2.75, 3.05) is 31.6 Å². The molecular weight excluding hydrogens is 220 g/mol. The summed E-state index contributed by atoms with van der Waals surface area (Å²) in [5, 5.41) is 3.42. The molecule has 0 radical (unpaired) electrons. The Kier molecular flexibility index (Phi) is 4.43. The molecule has 1 N–H and O–H groups in total. The normalized spacial score (nSPS) is 14.8. The molecule has 0 atom stereocenters. The number of benzene rings is 1. The number of nitrogens with zero attached hydrogens (tertiary/aromatic N) is 1. The third-order valence-corrected chi connectivity index (χ3v) is 3.36. The summed E-state index contributed by atoms with van der Waals surface area (Å²) >= 11 is 0. The summed E-state index contributed by atoms with van der Waals surface area (Å²) in [5.74, 6) is 0.717. The average molecular weight is 244 g/mol. The highest BCUT2D eigenvalue weighted by molar-refractivity contribution is 5.63. The van der Waals surface area contributed by atoms with E-state index in [9.17, 15) is 0 Å². The molecule has 1 aromatic rings. The van der Waals surface area contributed by atoms with E-state index >= 15 is 0 Å². The molecule has 0 saturated heterocycles. The molecular formula is C16H24N2. The fraction of sp³-hybridized carbons (Fsp3) is 0.500. The van der Waals surface area contributed by atoms with E-state index in [1.165, 1.54) is 23.2 Å². The number of hydrogen-bond donors (Lipinski definition) is 1. The maximum absolute atomic E-state index is 3.42. The second-order valence-corrected chi connectivity index (χ2v) is 5.51. The molecule has 0 saturated carbocycles. The fourth-order valence-electron chi connectivity index (χ4n) is 2.34. The van der Waals surface area contributed by atoms with Crippen molar-refractivity contribution in [3.63, 3.8) is 0 Å². The molecule has 2 nitrogen and oxygen atoms in total. The molecule has 0 fully saturated rings. The third-order valence-electron chi connectivity index (χ3n) is 3.36. The van der Waals surface area contributed by atoms with Crippen LogP contribution in [0, 0.1) is 5.92 Å². The van der Waals surface area contributed by atoms with Crippen LogP contribution in [0.5, 0.6) is 0 Å². The first-order valence-corrected chi connectivity index (χ1v) is 6.88. The minimum atomic E-state index is 0.717. The van der Waals surface area contributed by atoms with Crippen molar-refractivity contribution < 1.29 is 0 Å². The van der Waals surface area contributed by atoms with Crippen LogP contribution in [0.3, 0.4) is 0 Å². The van der Waals surface area contributed by atoms with Crippen molar-refractivity contribution in [2.24, 2.45) is 5.92 Å². The Bertz CT molecular complexity index is 421. The Morgan fingerprint density at radius 2 is 2.22 bits per heavy atom. The van der Waals surface area contributed by atoms with Gasteiger partial charge in [0.25, 0.3) is 0 Å². The zero-order valence-corrected chi connectivity index (χ0v) is 11.7. The van der Waals surface area contributed by atoms with Crippen LogP contribution >= 0.6 is 0 Å². The Morgan fingerprint density at radius 1 is 1.39 bits per heavy atom. The van der Waals surface area contributed by atoms with E-state index in [0.717, 1.165) is 19.6 Å². The van der Waals surface area contributed by atoms with Crippen molar-refractivity contribution in [2.45, 2.75) is 20.3 Å². The second-order valence-electron chi connectivity index (χ2n) is 5.51. The quantitative estimate of drug-likeness (QED) is 0.801. The van der Waals surface area contributed by atoms with Crippen molar-refractivity contribution in [1.82, 2.24) is 5.32 Å². The molecule has 1 aliphatic rings. The van der Waals surface area contributed by atoms with E-state index in [-0.39, 0.29) is 0 Å². The first kappa shape index (κ1) is 13.2. The molecule has 0 amide bonds. The second kappa shape index (κ2) is 6.05. The summed E-state index contributed by atoms with van der Waals surface area (Å²) in [6.45, 7) is 7.65. The predicted molar refractivity (Wildman–Crippen MR) is 80.2 cm³/mol. The Hall–Kier alpha value is -1.28. The van der Waals surface area contributed by atoms with E-state index in [0.29, 0.717) is 5.92 Å². The van der Waals surface area contributed by atoms with Gasteiger partial charge in [-0.3, -0.25) is 0 Å². The minimum absolute atomic E-state index is 0.717. The van der Waals surface area contributed by atoms with Crippen LogP contribution < -0.4 is 10.2 Å². The summed E-state index contributed by atoms with van der Waals surface area (Å²) in [6, 6.07) is 6.76. The molecule has 18 heavy (non-hydrogen) atoms. The van der Waals surface area contributed by atoms with Gasteiger partial charge >= 0.3 is 0 Å². The van der Waals surface area contributed by atoms with Crippen LogP contribution in [0.4, 0.5) is 5.69 Å². The minimum Gasteiger partial charge on any atom is -0.374 e. The molecule has 1 heterocycles. The van der Waals surface area contributed by atoms with Gasteiger partial charge < -0.3 is 10.2 Å². The number of hydrogen-bond acceptors (Lipinski definition) is 2. The zero-order chi connectivity index (χ0) is 13.0. The lowest BCUT2D eigenvalue weighted by Crippen LogP contribution is -2.19. The fourth-order valence-corrected chi connectivity index (χ4v) is 2.34. The maximum atomic E-state index is 3.42. The number of anilines is 1. The topological polar surface area (TPSA) is 15.3 Å². The van der Waals surface area contributed by atoms with Gasteiger partial charge in [0.1, 0.15) is 0 Å². The lowest BCUT2D eigenvalue weighted by atomic mass is 10.1. The third kappa shape index (κ3) is 3.36. The predicted octanol–water partition coefficient (Wildman–Crippen LogP) is 2.94. The summed E-state index contributed by atoms with van der Waals surface area (Å²) in [5.41, 5.74) is 4.19.